The van der Waals surface area contributed by atoms with E-state index in [1.165, 1.54) is 0 Å². The molecule has 13 heavy (non-hydrogen) atoms. The zero-order valence-corrected chi connectivity index (χ0v) is 14.1. The number of hydrogen-bond acceptors (Lipinski definition) is 9. The molecule has 0 rings (SSSR count). The van der Waals surface area contributed by atoms with Crippen molar-refractivity contribution in [3.05, 3.63) is 0 Å². The van der Waals surface area contributed by atoms with Gasteiger partial charge in [0.2, 0.25) is 0 Å². The van der Waals surface area contributed by atoms with Crippen LogP contribution in [0.5, 0.6) is 0 Å². The molecule has 0 N–H and O–H groups in total. The summed E-state index contributed by atoms with van der Waals surface area (Å²) in [6.45, 7) is 0. The normalized spacial score (nSPS) is 8.31. The van der Waals surface area contributed by atoms with E-state index in [2.05, 4.69) is 0 Å². The third kappa shape index (κ3) is 238. The summed E-state index contributed by atoms with van der Waals surface area (Å²) in [6.07, 6.45) is 0. The zero-order valence-electron chi connectivity index (χ0n) is 5.19. The fraction of sp³-hybridized carbons (Fsp3) is 0. The Morgan fingerprint density at radius 1 is 0.385 bits per heavy atom. The number of rotatable bonds is 0. The standard InChI is InChI=1S/Eu.3IO3/c;3*2-1(3)4/q;3*-1. The molecule has 0 heterocycles. The maximum atomic E-state index is 8.57. The fourth-order valence-electron chi connectivity index (χ4n) is 0. The third-order valence-electron chi connectivity index (χ3n) is 0. The molecule has 0 aromatic carbocycles. The van der Waals surface area contributed by atoms with Gasteiger partial charge in [0.1, 0.15) is 0 Å². The van der Waals surface area contributed by atoms with Crippen molar-refractivity contribution in [1.29, 1.82) is 0 Å². The SMILES string of the molecule is [Eu].[O-][I+2]([O-])[O-].[O-][I+2]([O-])[O-].[O-][I+2]([O-])[O-]. The van der Waals surface area contributed by atoms with Gasteiger partial charge in [-0.3, -0.25) is 0 Å². The van der Waals surface area contributed by atoms with Crippen molar-refractivity contribution in [2.45, 2.75) is 0 Å². The molecule has 0 amide bonds. The molecule has 1 radical (unpaired) electrons. The van der Waals surface area contributed by atoms with Crippen molar-refractivity contribution in [2.24, 2.45) is 0 Å². The second kappa shape index (κ2) is 20.8. The Balaban J connectivity index is -0.0000000450. The Labute approximate surface area is 140 Å². The molecule has 0 saturated carbocycles. The molecule has 0 aliphatic carbocycles. The average molecular weight is 677 g/mol. The number of halogens is 3. The predicted octanol–water partition coefficient (Wildman–Crippen LogP) is -19.7. The Bertz CT molecular complexity index is 43.4. The summed E-state index contributed by atoms with van der Waals surface area (Å²) in [7, 11) is 0. The maximum absolute atomic E-state index is 8.57. The van der Waals surface area contributed by atoms with Crippen molar-refractivity contribution < 1.29 is 143 Å². The summed E-state index contributed by atoms with van der Waals surface area (Å²) >= 11 is -12.0. The molecule has 0 fully saturated rings. The monoisotopic (exact) mass is 678 g/mol. The van der Waals surface area contributed by atoms with Gasteiger partial charge < -0.3 is 30.9 Å². The molecule has 0 atom stereocenters. The van der Waals surface area contributed by atoms with Crippen LogP contribution < -0.4 is 94.1 Å². The zero-order chi connectivity index (χ0) is 10.7. The summed E-state index contributed by atoms with van der Waals surface area (Å²) in [6, 6.07) is 0. The van der Waals surface area contributed by atoms with Gasteiger partial charge in [-0.1, -0.05) is 0 Å². The van der Waals surface area contributed by atoms with Gasteiger partial charge in [0.15, 0.2) is 0 Å². The summed E-state index contributed by atoms with van der Waals surface area (Å²) < 4.78 is 77.2. The van der Waals surface area contributed by atoms with Crippen LogP contribution in [-0.2, 0) is 0 Å². The topological polar surface area (TPSA) is 208 Å². The van der Waals surface area contributed by atoms with E-state index in [0.29, 0.717) is 0 Å². The van der Waals surface area contributed by atoms with E-state index in [-0.39, 0.29) is 49.4 Å². The van der Waals surface area contributed by atoms with Gasteiger partial charge in [0, 0.05) is 49.4 Å². The Morgan fingerprint density at radius 2 is 0.385 bits per heavy atom. The van der Waals surface area contributed by atoms with Crippen LogP contribution in [-0.4, -0.2) is 0 Å². The first kappa shape index (κ1) is 25.3. The van der Waals surface area contributed by atoms with Crippen molar-refractivity contribution in [3.63, 3.8) is 0 Å². The molecule has 9 nitrogen and oxygen atoms in total. The predicted molar refractivity (Wildman–Crippen MR) is 0 cm³/mol. The van der Waals surface area contributed by atoms with Crippen molar-refractivity contribution in [2.75, 3.05) is 0 Å². The molecule has 0 saturated heterocycles. The van der Waals surface area contributed by atoms with E-state index in [1.807, 2.05) is 0 Å². The van der Waals surface area contributed by atoms with Gasteiger partial charge in [0.25, 0.3) is 63.2 Å². The second-order valence-corrected chi connectivity index (χ2v) is 3.80. The van der Waals surface area contributed by atoms with Crippen LogP contribution in [0, 0.1) is 49.4 Å². The minimum absolute atomic E-state index is 0. The minimum atomic E-state index is -4.01. The van der Waals surface area contributed by atoms with Crippen LogP contribution in [0.25, 0.3) is 0 Å². The molecule has 13 heteroatoms. The largest absolute Gasteiger partial charge is 0.427 e. The van der Waals surface area contributed by atoms with Crippen LogP contribution >= 0.6 is 0 Å². The third-order valence-corrected chi connectivity index (χ3v) is 0. The van der Waals surface area contributed by atoms with E-state index >= 15 is 0 Å². The summed E-state index contributed by atoms with van der Waals surface area (Å²) in [5, 5.41) is 0. The fourth-order valence-corrected chi connectivity index (χ4v) is 0. The van der Waals surface area contributed by atoms with Gasteiger partial charge in [-0.15, -0.1) is 0 Å². The molecule has 0 aliphatic heterocycles. The summed E-state index contributed by atoms with van der Waals surface area (Å²) in [5.74, 6) is 0. The van der Waals surface area contributed by atoms with Crippen molar-refractivity contribution >= 4 is 0 Å². The molecular formula is EuI3O9-3. The van der Waals surface area contributed by atoms with Crippen LogP contribution in [0.1, 0.15) is 0 Å². The molecule has 85 valence electrons. The van der Waals surface area contributed by atoms with E-state index in [0.717, 1.165) is 0 Å². The van der Waals surface area contributed by atoms with Gasteiger partial charge in [-0.2, -0.15) is 0 Å². The van der Waals surface area contributed by atoms with E-state index < -0.39 is 63.2 Å². The first-order chi connectivity index (χ1) is 5.20. The second-order valence-electron chi connectivity index (χ2n) is 0.567. The van der Waals surface area contributed by atoms with Crippen LogP contribution in [0.3, 0.4) is 0 Å². The van der Waals surface area contributed by atoms with Crippen molar-refractivity contribution in [1.82, 2.24) is 0 Å². The van der Waals surface area contributed by atoms with Crippen LogP contribution in [0.4, 0.5) is 0 Å². The molecule has 0 spiro atoms. The van der Waals surface area contributed by atoms with Gasteiger partial charge in [-0.25, -0.2) is 0 Å². The summed E-state index contributed by atoms with van der Waals surface area (Å²) in [5.41, 5.74) is 0. The van der Waals surface area contributed by atoms with Gasteiger partial charge in [0.05, 0.1) is 0 Å². The molecular weight excluding hydrogens is 677 g/mol. The Kier molecular flexibility index (Phi) is 40.5. The molecule has 0 bridgehead atoms. The first-order valence-electron chi connectivity index (χ1n) is 1.39. The first-order valence-corrected chi connectivity index (χ1v) is 9.32. The molecule has 0 unspecified atom stereocenters. The Hall–Kier alpha value is 3.41. The van der Waals surface area contributed by atoms with Crippen LogP contribution in [0.15, 0.2) is 0 Å². The minimum Gasteiger partial charge on any atom is -0.427 e. The quantitative estimate of drug-likeness (QED) is 0.223. The number of hydrogen-bond donors (Lipinski definition) is 0. The van der Waals surface area contributed by atoms with E-state index in [1.54, 1.807) is 0 Å². The van der Waals surface area contributed by atoms with Gasteiger partial charge in [-0.05, 0) is 0 Å². The molecule has 0 aromatic heterocycles. The Morgan fingerprint density at radius 3 is 0.385 bits per heavy atom. The smallest absolute Gasteiger partial charge is 0.282 e. The van der Waals surface area contributed by atoms with Gasteiger partial charge >= 0.3 is 0 Å². The summed E-state index contributed by atoms with van der Waals surface area (Å²) in [4.78, 5) is 0. The molecule has 0 aliphatic rings. The maximum Gasteiger partial charge on any atom is 0.282 e. The van der Waals surface area contributed by atoms with E-state index in [9.17, 15) is 0 Å². The average Bonchev–Trinajstić information content (AvgIpc) is 1.54. The van der Waals surface area contributed by atoms with Crippen molar-refractivity contribution in [3.8, 4) is 0 Å². The van der Waals surface area contributed by atoms with E-state index in [4.69, 9.17) is 30.9 Å². The van der Waals surface area contributed by atoms with Crippen LogP contribution in [0.2, 0.25) is 0 Å². The molecule has 0 aromatic rings.